The summed E-state index contributed by atoms with van der Waals surface area (Å²) >= 11 is 5.44. The maximum atomic E-state index is 6.42. The fraction of sp³-hybridized carbons (Fsp3) is 0.333. The molecule has 3 aromatic carbocycles. The Morgan fingerprint density at radius 2 is 1.70 bits per heavy atom. The van der Waals surface area contributed by atoms with Crippen molar-refractivity contribution in [2.75, 3.05) is 19.5 Å². The van der Waals surface area contributed by atoms with Crippen LogP contribution in [0.2, 0.25) is 0 Å². The van der Waals surface area contributed by atoms with Crippen LogP contribution in [0.15, 0.2) is 88.2 Å². The van der Waals surface area contributed by atoms with Gasteiger partial charge in [0.25, 0.3) is 0 Å². The smallest absolute Gasteiger partial charge is 0.168 e. The van der Waals surface area contributed by atoms with Gasteiger partial charge in [0.2, 0.25) is 0 Å². The van der Waals surface area contributed by atoms with E-state index in [1.165, 1.54) is 10.5 Å². The highest BCUT2D eigenvalue weighted by Gasteiger charge is 2.38. The number of hydrogen-bond donors (Lipinski definition) is 0. The lowest BCUT2D eigenvalue weighted by Crippen LogP contribution is -2.17. The van der Waals surface area contributed by atoms with Crippen LogP contribution in [0.3, 0.4) is 0 Å². The number of benzene rings is 3. The normalized spacial score (nSPS) is 20.1. The second-order valence-corrected chi connectivity index (χ2v) is 9.80. The first-order chi connectivity index (χ1) is 16.2. The van der Waals surface area contributed by atoms with Crippen LogP contribution >= 0.6 is 27.7 Å². The summed E-state index contributed by atoms with van der Waals surface area (Å²) in [6.45, 7) is 1.31. The molecule has 174 valence electrons. The summed E-state index contributed by atoms with van der Waals surface area (Å²) in [5.74, 6) is 1.55. The SMILES string of the molecule is COc1ccc(Br)c([C@@H]2OC(CSc3ccccc3)O[C@H]2CCCOCc2ccccc2)c1. The first-order valence-electron chi connectivity index (χ1n) is 11.2. The number of thioether (sulfide) groups is 1. The van der Waals surface area contributed by atoms with Gasteiger partial charge in [0.1, 0.15) is 11.9 Å². The summed E-state index contributed by atoms with van der Waals surface area (Å²) in [4.78, 5) is 1.21. The molecule has 0 aliphatic carbocycles. The summed E-state index contributed by atoms with van der Waals surface area (Å²) in [5, 5.41) is 0. The molecule has 0 amide bonds. The van der Waals surface area contributed by atoms with E-state index in [4.69, 9.17) is 18.9 Å². The molecular formula is C27H29BrO4S. The number of methoxy groups -OCH3 is 1. The van der Waals surface area contributed by atoms with Crippen molar-refractivity contribution in [1.29, 1.82) is 0 Å². The van der Waals surface area contributed by atoms with Crippen molar-refractivity contribution in [1.82, 2.24) is 0 Å². The Morgan fingerprint density at radius 1 is 0.939 bits per heavy atom. The Kier molecular flexibility index (Phi) is 9.26. The Hall–Kier alpha value is -1.83. The van der Waals surface area contributed by atoms with Crippen LogP contribution in [0.4, 0.5) is 0 Å². The van der Waals surface area contributed by atoms with E-state index in [1.807, 2.05) is 54.6 Å². The van der Waals surface area contributed by atoms with Gasteiger partial charge in [0.05, 0.1) is 19.8 Å². The first kappa shape index (κ1) is 24.3. The minimum absolute atomic E-state index is 0.0462. The van der Waals surface area contributed by atoms with Crippen LogP contribution in [0.25, 0.3) is 0 Å². The lowest BCUT2D eigenvalue weighted by atomic mass is 10.0. The summed E-state index contributed by atoms with van der Waals surface area (Å²) in [6.07, 6.45) is 1.28. The minimum Gasteiger partial charge on any atom is -0.497 e. The molecule has 0 bridgehead atoms. The van der Waals surface area contributed by atoms with Crippen molar-refractivity contribution >= 4 is 27.7 Å². The highest BCUT2D eigenvalue weighted by Crippen LogP contribution is 2.40. The van der Waals surface area contributed by atoms with Crippen molar-refractivity contribution in [2.24, 2.45) is 0 Å². The van der Waals surface area contributed by atoms with E-state index in [9.17, 15) is 0 Å². The van der Waals surface area contributed by atoms with Gasteiger partial charge in [-0.05, 0) is 48.7 Å². The van der Waals surface area contributed by atoms with E-state index in [0.717, 1.165) is 34.4 Å². The van der Waals surface area contributed by atoms with E-state index >= 15 is 0 Å². The van der Waals surface area contributed by atoms with Gasteiger partial charge in [-0.25, -0.2) is 0 Å². The van der Waals surface area contributed by atoms with Gasteiger partial charge < -0.3 is 18.9 Å². The number of rotatable bonds is 11. The Morgan fingerprint density at radius 3 is 2.45 bits per heavy atom. The average Bonchev–Trinajstić information content (AvgIpc) is 3.27. The van der Waals surface area contributed by atoms with Gasteiger partial charge in [-0.15, -0.1) is 11.8 Å². The van der Waals surface area contributed by atoms with Crippen LogP contribution in [0, 0.1) is 0 Å². The lowest BCUT2D eigenvalue weighted by Gasteiger charge is -2.19. The van der Waals surface area contributed by atoms with Gasteiger partial charge in [-0.3, -0.25) is 0 Å². The highest BCUT2D eigenvalue weighted by atomic mass is 79.9. The fourth-order valence-electron chi connectivity index (χ4n) is 3.82. The van der Waals surface area contributed by atoms with Crippen LogP contribution in [-0.4, -0.2) is 31.9 Å². The molecule has 33 heavy (non-hydrogen) atoms. The lowest BCUT2D eigenvalue weighted by molar-refractivity contribution is -0.0489. The Bertz CT molecular complexity index is 986. The molecular weight excluding hydrogens is 500 g/mol. The molecule has 0 radical (unpaired) electrons. The average molecular weight is 529 g/mol. The molecule has 3 aromatic rings. The fourth-order valence-corrected chi connectivity index (χ4v) is 5.13. The summed E-state index contributed by atoms with van der Waals surface area (Å²) < 4.78 is 25.1. The maximum Gasteiger partial charge on any atom is 0.168 e. The number of hydrogen-bond acceptors (Lipinski definition) is 5. The third kappa shape index (κ3) is 7.08. The molecule has 0 aromatic heterocycles. The Labute approximate surface area is 208 Å². The molecule has 1 aliphatic rings. The van der Waals surface area contributed by atoms with E-state index in [1.54, 1.807) is 18.9 Å². The molecule has 4 nitrogen and oxygen atoms in total. The van der Waals surface area contributed by atoms with E-state index in [2.05, 4.69) is 40.2 Å². The van der Waals surface area contributed by atoms with Crippen molar-refractivity contribution < 1.29 is 18.9 Å². The van der Waals surface area contributed by atoms with Crippen LogP contribution < -0.4 is 4.74 Å². The number of ether oxygens (including phenoxy) is 4. The molecule has 6 heteroatoms. The zero-order chi connectivity index (χ0) is 22.9. The quantitative estimate of drug-likeness (QED) is 0.197. The van der Waals surface area contributed by atoms with Gasteiger partial charge in [0, 0.05) is 27.3 Å². The molecule has 3 atom stereocenters. The predicted molar refractivity (Wildman–Crippen MR) is 136 cm³/mol. The van der Waals surface area contributed by atoms with Crippen LogP contribution in [0.5, 0.6) is 5.75 Å². The number of halogens is 1. The van der Waals surface area contributed by atoms with Crippen molar-refractivity contribution in [3.63, 3.8) is 0 Å². The van der Waals surface area contributed by atoms with Gasteiger partial charge >= 0.3 is 0 Å². The monoisotopic (exact) mass is 528 g/mol. The van der Waals surface area contributed by atoms with E-state index in [-0.39, 0.29) is 18.5 Å². The van der Waals surface area contributed by atoms with Crippen molar-refractivity contribution in [3.8, 4) is 5.75 Å². The molecule has 1 fully saturated rings. The summed E-state index contributed by atoms with van der Waals surface area (Å²) in [5.41, 5.74) is 2.24. The topological polar surface area (TPSA) is 36.9 Å². The summed E-state index contributed by atoms with van der Waals surface area (Å²) in [6, 6.07) is 26.6. The third-order valence-electron chi connectivity index (χ3n) is 5.49. The molecule has 4 rings (SSSR count). The van der Waals surface area contributed by atoms with Crippen LogP contribution in [0.1, 0.15) is 30.1 Å². The largest absolute Gasteiger partial charge is 0.497 e. The molecule has 0 saturated carbocycles. The van der Waals surface area contributed by atoms with E-state index in [0.29, 0.717) is 13.2 Å². The minimum atomic E-state index is -0.270. The zero-order valence-corrected chi connectivity index (χ0v) is 21.1. The standard InChI is InChI=1S/C27H29BrO4S/c1-29-21-14-15-24(28)23(17-21)27-25(13-8-16-30-18-20-9-4-2-5-10-20)31-26(32-27)19-33-22-11-6-3-7-12-22/h2-7,9-12,14-15,17,25-27H,8,13,16,18-19H2,1H3/t25-,26?,27-/m0/s1. The first-order valence-corrected chi connectivity index (χ1v) is 12.9. The molecule has 1 aliphatic heterocycles. The molecule has 1 heterocycles. The predicted octanol–water partition coefficient (Wildman–Crippen LogP) is 7.03. The van der Waals surface area contributed by atoms with Crippen molar-refractivity contribution in [2.45, 2.75) is 42.8 Å². The third-order valence-corrected chi connectivity index (χ3v) is 7.26. The van der Waals surface area contributed by atoms with Crippen LogP contribution in [-0.2, 0) is 20.8 Å². The second kappa shape index (κ2) is 12.6. The summed E-state index contributed by atoms with van der Waals surface area (Å²) in [7, 11) is 1.68. The van der Waals surface area contributed by atoms with Crippen molar-refractivity contribution in [3.05, 3.63) is 94.5 Å². The Balaban J connectivity index is 1.36. The second-order valence-electron chi connectivity index (χ2n) is 7.85. The molecule has 0 spiro atoms. The van der Waals surface area contributed by atoms with Gasteiger partial charge in [0.15, 0.2) is 6.29 Å². The molecule has 1 unspecified atom stereocenters. The van der Waals surface area contributed by atoms with Gasteiger partial charge in [-0.2, -0.15) is 0 Å². The zero-order valence-electron chi connectivity index (χ0n) is 18.7. The van der Waals surface area contributed by atoms with E-state index < -0.39 is 0 Å². The molecule has 1 saturated heterocycles. The van der Waals surface area contributed by atoms with Gasteiger partial charge in [-0.1, -0.05) is 64.5 Å². The maximum absolute atomic E-state index is 6.42. The molecule has 0 N–H and O–H groups in total. The highest BCUT2D eigenvalue weighted by molar-refractivity contribution is 9.10.